The van der Waals surface area contributed by atoms with Crippen LogP contribution in [0.3, 0.4) is 0 Å². The molecule has 19 heteroatoms. The molecule has 4 rings (SSSR count). The Balaban J connectivity index is 1.46. The minimum absolute atomic E-state index is 0.0786. The second-order valence-electron chi connectivity index (χ2n) is 14.6. The molecule has 1 aromatic rings. The smallest absolute Gasteiger partial charge is 0.337 e. The molecule has 3 heterocycles. The molecule has 332 valence electrons. The van der Waals surface area contributed by atoms with Gasteiger partial charge >= 0.3 is 41.8 Å². The Morgan fingerprint density at radius 2 is 1.39 bits per heavy atom. The molecule has 0 spiro atoms. The molecule has 0 aromatic heterocycles. The van der Waals surface area contributed by atoms with E-state index in [4.69, 9.17) is 47.4 Å². The molecule has 0 bridgehead atoms. The van der Waals surface area contributed by atoms with Crippen LogP contribution in [0.25, 0.3) is 0 Å². The molecule has 2 saturated heterocycles. The van der Waals surface area contributed by atoms with E-state index in [-0.39, 0.29) is 43.5 Å². The van der Waals surface area contributed by atoms with Crippen molar-refractivity contribution in [2.45, 2.75) is 129 Å². The van der Waals surface area contributed by atoms with Crippen LogP contribution in [0.15, 0.2) is 48.8 Å². The summed E-state index contributed by atoms with van der Waals surface area (Å²) in [5.41, 5.74) is 0.910. The second-order valence-corrected chi connectivity index (χ2v) is 14.6. The molecule has 10 atom stereocenters. The van der Waals surface area contributed by atoms with Crippen LogP contribution in [0.1, 0.15) is 79.2 Å². The van der Waals surface area contributed by atoms with Gasteiger partial charge in [-0.25, -0.2) is 4.79 Å². The molecule has 2 fully saturated rings. The maximum atomic E-state index is 13.4. The second kappa shape index (κ2) is 22.1. The molecule has 3 aliphatic heterocycles. The molecule has 0 aliphatic carbocycles. The Hall–Kier alpha value is -5.95. The molecule has 61 heavy (non-hydrogen) atoms. The summed E-state index contributed by atoms with van der Waals surface area (Å²) in [7, 11) is 0. The van der Waals surface area contributed by atoms with E-state index in [1.165, 1.54) is 13.0 Å². The summed E-state index contributed by atoms with van der Waals surface area (Å²) in [6.07, 6.45) is -8.50. The van der Waals surface area contributed by atoms with Crippen molar-refractivity contribution in [2.24, 2.45) is 11.8 Å². The van der Waals surface area contributed by atoms with Crippen LogP contribution in [-0.2, 0) is 92.2 Å². The van der Waals surface area contributed by atoms with Crippen molar-refractivity contribution in [1.29, 1.82) is 0 Å². The van der Waals surface area contributed by atoms with Crippen molar-refractivity contribution in [3.05, 3.63) is 54.3 Å². The number of hydrogen-bond acceptors (Lipinski definition) is 19. The Bertz CT molecular complexity index is 1870. The molecule has 19 nitrogen and oxygen atoms in total. The van der Waals surface area contributed by atoms with Crippen LogP contribution in [0.2, 0.25) is 0 Å². The van der Waals surface area contributed by atoms with E-state index in [1.54, 1.807) is 24.3 Å². The summed E-state index contributed by atoms with van der Waals surface area (Å²) in [6, 6.07) is 6.63. The van der Waals surface area contributed by atoms with E-state index in [1.807, 2.05) is 0 Å². The summed E-state index contributed by atoms with van der Waals surface area (Å²) < 4.78 is 55.5. The van der Waals surface area contributed by atoms with Crippen molar-refractivity contribution in [3.8, 4) is 5.75 Å². The molecule has 0 unspecified atom stereocenters. The molecule has 1 aromatic carbocycles. The quantitative estimate of drug-likeness (QED) is 0.0840. The van der Waals surface area contributed by atoms with E-state index in [9.17, 15) is 43.2 Å². The highest BCUT2D eigenvalue weighted by Gasteiger charge is 2.55. The number of cyclic esters (lactones) is 1. The molecule has 0 saturated carbocycles. The minimum Gasteiger partial charge on any atom is -0.471 e. The van der Waals surface area contributed by atoms with Crippen molar-refractivity contribution in [1.82, 2.24) is 0 Å². The molecular weight excluding hydrogens is 808 g/mol. The van der Waals surface area contributed by atoms with Crippen LogP contribution in [0.5, 0.6) is 5.75 Å². The zero-order chi connectivity index (χ0) is 45.0. The van der Waals surface area contributed by atoms with Gasteiger partial charge in [0, 0.05) is 79.1 Å². The topological polar surface area (TPSA) is 246 Å². The standard InChI is InChI=1S/C42H50O19/c1-8-33-34-18-32(17-29(50)16-31(55-23(4)45)15-28(49)12-9-27-10-13-30(14-11-27)54-22(3)44)59-40(51)35(34)19-53-41(33)61-42-39(58-26(7)48)38(57-25(6)47)37(56-24(5)46)36(60-42)20-52-21(2)43/h8,10-11,13-14,19,31-34,36-39,41-42H,1,9,12,15-18,20H2,2-7H3/t31-,32-,33+,34-,36+,37+,38-,39+,41-,42-/m0/s1. The van der Waals surface area contributed by atoms with Crippen molar-refractivity contribution >= 4 is 53.4 Å². The van der Waals surface area contributed by atoms with Crippen LogP contribution in [-0.4, -0.2) is 109 Å². The number of carbonyl (C=O) groups excluding carboxylic acids is 9. The average Bonchev–Trinajstić information content (AvgIpc) is 3.14. The minimum atomic E-state index is -1.61. The number of benzene rings is 1. The lowest BCUT2D eigenvalue weighted by molar-refractivity contribution is -0.342. The highest BCUT2D eigenvalue weighted by Crippen LogP contribution is 2.42. The van der Waals surface area contributed by atoms with Crippen molar-refractivity contribution in [3.63, 3.8) is 0 Å². The number of aryl methyl sites for hydroxylation is 1. The first-order valence-corrected chi connectivity index (χ1v) is 19.5. The largest absolute Gasteiger partial charge is 0.471 e. The Morgan fingerprint density at radius 3 is 1.98 bits per heavy atom. The van der Waals surface area contributed by atoms with Gasteiger partial charge in [0.05, 0.1) is 11.8 Å². The van der Waals surface area contributed by atoms with Crippen LogP contribution in [0, 0.1) is 11.8 Å². The summed E-state index contributed by atoms with van der Waals surface area (Å²) in [6.45, 7) is 10.2. The van der Waals surface area contributed by atoms with E-state index in [2.05, 4.69) is 6.58 Å². The zero-order valence-electron chi connectivity index (χ0n) is 34.7. The molecule has 0 N–H and O–H groups in total. The van der Waals surface area contributed by atoms with Gasteiger partial charge in [-0.3, -0.25) is 38.4 Å². The van der Waals surface area contributed by atoms with Gasteiger partial charge < -0.3 is 47.4 Å². The third-order valence-electron chi connectivity index (χ3n) is 9.60. The first-order chi connectivity index (χ1) is 28.8. The number of carbonyl (C=O) groups is 9. The fourth-order valence-electron chi connectivity index (χ4n) is 7.21. The van der Waals surface area contributed by atoms with E-state index < -0.39 is 115 Å². The third-order valence-corrected chi connectivity index (χ3v) is 9.60. The first-order valence-electron chi connectivity index (χ1n) is 19.5. The number of rotatable bonds is 19. The molecule has 0 amide bonds. The van der Waals surface area contributed by atoms with Crippen LogP contribution < -0.4 is 4.74 Å². The Kier molecular flexibility index (Phi) is 17.3. The predicted octanol–water partition coefficient (Wildman–Crippen LogP) is 2.86. The Labute approximate surface area is 351 Å². The zero-order valence-corrected chi connectivity index (χ0v) is 34.7. The number of ether oxygens (including phenoxy) is 10. The van der Waals surface area contributed by atoms with Gasteiger partial charge in [0.15, 0.2) is 18.3 Å². The van der Waals surface area contributed by atoms with Gasteiger partial charge in [0.25, 0.3) is 0 Å². The Morgan fingerprint density at radius 1 is 0.770 bits per heavy atom. The SMILES string of the molecule is C=C[C@H]1[C@H](O[C@@H]2O[C@H](COC(C)=O)[C@@H](OC(C)=O)[C@H](OC(C)=O)[C@H]2OC(C)=O)OC=C2C(=O)O[C@@H](CC(=O)C[C@H](CC(=O)CCc3ccc(OC(C)=O)cc3)OC(C)=O)C[C@H]21. The first kappa shape index (κ1) is 47.7. The normalized spacial score (nSPS) is 26.0. The lowest BCUT2D eigenvalue weighted by Gasteiger charge is -2.46. The van der Waals surface area contributed by atoms with Gasteiger partial charge in [0.2, 0.25) is 12.6 Å². The summed E-state index contributed by atoms with van der Waals surface area (Å²) >= 11 is 0. The summed E-state index contributed by atoms with van der Waals surface area (Å²) in [5.74, 6) is -7.03. The number of ketones is 2. The highest BCUT2D eigenvalue weighted by molar-refractivity contribution is 5.90. The van der Waals surface area contributed by atoms with Crippen molar-refractivity contribution in [2.75, 3.05) is 6.61 Å². The molecular formula is C42H50O19. The third kappa shape index (κ3) is 14.3. The van der Waals surface area contributed by atoms with Crippen LogP contribution in [0.4, 0.5) is 0 Å². The van der Waals surface area contributed by atoms with Gasteiger partial charge in [-0.15, -0.1) is 6.58 Å². The summed E-state index contributed by atoms with van der Waals surface area (Å²) in [5, 5.41) is 0. The van der Waals surface area contributed by atoms with Gasteiger partial charge in [-0.05, 0) is 30.5 Å². The van der Waals surface area contributed by atoms with Gasteiger partial charge in [-0.2, -0.15) is 0 Å². The fourth-order valence-corrected chi connectivity index (χ4v) is 7.21. The predicted molar refractivity (Wildman–Crippen MR) is 203 cm³/mol. The van der Waals surface area contributed by atoms with Gasteiger partial charge in [-0.1, -0.05) is 18.2 Å². The number of Topliss-reactive ketones (excluding diaryl/α,β-unsaturated/α-hetero) is 2. The lowest BCUT2D eigenvalue weighted by Crippen LogP contribution is -2.63. The number of esters is 7. The fraction of sp³-hybridized carbons (Fsp3) is 0.548. The van der Waals surface area contributed by atoms with E-state index in [0.29, 0.717) is 12.2 Å². The van der Waals surface area contributed by atoms with Gasteiger partial charge in [0.1, 0.15) is 42.2 Å². The number of fused-ring (bicyclic) bond motifs is 1. The number of hydrogen-bond donors (Lipinski definition) is 0. The summed E-state index contributed by atoms with van der Waals surface area (Å²) in [4.78, 5) is 111. The molecule has 0 radical (unpaired) electrons. The molecule has 3 aliphatic rings. The maximum Gasteiger partial charge on any atom is 0.337 e. The average molecular weight is 859 g/mol. The highest BCUT2D eigenvalue weighted by atomic mass is 16.8. The van der Waals surface area contributed by atoms with Crippen molar-refractivity contribution < 1.29 is 90.5 Å². The monoisotopic (exact) mass is 858 g/mol. The maximum absolute atomic E-state index is 13.4. The lowest BCUT2D eigenvalue weighted by atomic mass is 9.78. The van der Waals surface area contributed by atoms with Crippen LogP contribution >= 0.6 is 0 Å². The van der Waals surface area contributed by atoms with E-state index >= 15 is 0 Å². The van der Waals surface area contributed by atoms with E-state index in [0.717, 1.165) is 46.4 Å².